The molecule has 8 nitrogen and oxygen atoms in total. The monoisotopic (exact) mass is 319 g/mol. The zero-order chi connectivity index (χ0) is 15.6. The quantitative estimate of drug-likeness (QED) is 0.370. The van der Waals surface area contributed by atoms with E-state index in [9.17, 15) is 0 Å². The SMILES string of the molecule is COO[Si](OCCC(N)c1ccccc1)(OOC)OOC. The van der Waals surface area contributed by atoms with E-state index in [4.69, 9.17) is 23.9 Å². The average Bonchev–Trinajstić information content (AvgIpc) is 2.49. The Morgan fingerprint density at radius 1 is 0.952 bits per heavy atom. The highest BCUT2D eigenvalue weighted by molar-refractivity contribution is 6.52. The lowest BCUT2D eigenvalue weighted by molar-refractivity contribution is -0.370. The zero-order valence-corrected chi connectivity index (χ0v) is 13.3. The van der Waals surface area contributed by atoms with Crippen LogP contribution in [0.1, 0.15) is 18.0 Å². The highest BCUT2D eigenvalue weighted by atomic mass is 28.4. The van der Waals surface area contributed by atoms with Crippen LogP contribution in [0.15, 0.2) is 30.3 Å². The molecule has 0 aliphatic heterocycles. The summed E-state index contributed by atoms with van der Waals surface area (Å²) in [4.78, 5) is 13.7. The lowest BCUT2D eigenvalue weighted by atomic mass is 10.1. The molecule has 0 aliphatic carbocycles. The van der Waals surface area contributed by atoms with Gasteiger partial charge in [-0.15, -0.1) is 0 Å². The topological polar surface area (TPSA) is 90.6 Å². The van der Waals surface area contributed by atoms with E-state index in [2.05, 4.69) is 14.7 Å². The van der Waals surface area contributed by atoms with E-state index in [0.717, 1.165) is 5.56 Å². The van der Waals surface area contributed by atoms with Crippen molar-refractivity contribution in [3.63, 3.8) is 0 Å². The maximum atomic E-state index is 6.07. The van der Waals surface area contributed by atoms with Crippen LogP contribution < -0.4 is 5.73 Å². The van der Waals surface area contributed by atoms with Crippen molar-refractivity contribution < 1.29 is 32.8 Å². The van der Waals surface area contributed by atoms with E-state index < -0.39 is 9.05 Å². The molecule has 1 atom stereocenters. The maximum Gasteiger partial charge on any atom is 0.764 e. The van der Waals surface area contributed by atoms with Gasteiger partial charge in [0, 0.05) is 12.6 Å². The van der Waals surface area contributed by atoms with Crippen LogP contribution in [-0.4, -0.2) is 37.0 Å². The Kier molecular flexibility index (Phi) is 8.60. The molecule has 0 aromatic heterocycles. The van der Waals surface area contributed by atoms with E-state index in [0.29, 0.717) is 6.42 Å². The van der Waals surface area contributed by atoms with Crippen LogP contribution >= 0.6 is 0 Å². The molecule has 0 saturated heterocycles. The second kappa shape index (κ2) is 9.95. The summed E-state index contributed by atoms with van der Waals surface area (Å²) in [7, 11) is 0.186. The van der Waals surface area contributed by atoms with Gasteiger partial charge in [0.15, 0.2) is 0 Å². The number of benzene rings is 1. The first kappa shape index (κ1) is 18.2. The summed E-state index contributed by atoms with van der Waals surface area (Å²) >= 11 is 0. The van der Waals surface area contributed by atoms with Gasteiger partial charge in [-0.1, -0.05) is 30.3 Å². The van der Waals surface area contributed by atoms with Gasteiger partial charge in [0.2, 0.25) is 0 Å². The Balaban J connectivity index is 2.52. The molecule has 0 spiro atoms. The molecule has 21 heavy (non-hydrogen) atoms. The zero-order valence-electron chi connectivity index (χ0n) is 12.3. The molecule has 120 valence electrons. The molecule has 1 rings (SSSR count). The summed E-state index contributed by atoms with van der Waals surface area (Å²) in [6.45, 7) is 0.207. The van der Waals surface area contributed by atoms with Crippen molar-refractivity contribution in [2.24, 2.45) is 5.73 Å². The van der Waals surface area contributed by atoms with E-state index in [1.807, 2.05) is 30.3 Å². The summed E-state index contributed by atoms with van der Waals surface area (Å²) in [6.07, 6.45) is 0.520. The smallest absolute Gasteiger partial charge is 0.347 e. The second-order valence-electron chi connectivity index (χ2n) is 3.90. The summed E-state index contributed by atoms with van der Waals surface area (Å²) in [5, 5.41) is 0. The second-order valence-corrected chi connectivity index (χ2v) is 5.69. The lowest BCUT2D eigenvalue weighted by Gasteiger charge is -2.23. The van der Waals surface area contributed by atoms with Gasteiger partial charge in [0.05, 0.1) is 21.3 Å². The minimum absolute atomic E-state index is 0.189. The van der Waals surface area contributed by atoms with Crippen molar-refractivity contribution in [3.05, 3.63) is 35.9 Å². The predicted octanol–water partition coefficient (Wildman–Crippen LogP) is 1.26. The molecule has 1 unspecified atom stereocenters. The highest BCUT2D eigenvalue weighted by Crippen LogP contribution is 2.17. The number of rotatable bonds is 11. The van der Waals surface area contributed by atoms with Gasteiger partial charge >= 0.3 is 9.05 Å². The fourth-order valence-corrected chi connectivity index (χ4v) is 2.81. The van der Waals surface area contributed by atoms with Crippen molar-refractivity contribution in [3.8, 4) is 0 Å². The molecule has 9 heteroatoms. The molecular formula is C12H21NO7Si. The normalized spacial score (nSPS) is 13.3. The van der Waals surface area contributed by atoms with Gasteiger partial charge in [-0.05, 0) is 12.0 Å². The summed E-state index contributed by atoms with van der Waals surface area (Å²) < 4.78 is 20.1. The first-order valence-electron chi connectivity index (χ1n) is 6.27. The average molecular weight is 319 g/mol. The van der Waals surface area contributed by atoms with Crippen molar-refractivity contribution in [2.75, 3.05) is 27.9 Å². The minimum Gasteiger partial charge on any atom is -0.347 e. The number of nitrogens with two attached hydrogens (primary N) is 1. The van der Waals surface area contributed by atoms with Crippen LogP contribution in [0.2, 0.25) is 0 Å². The van der Waals surface area contributed by atoms with Crippen LogP contribution in [0.25, 0.3) is 0 Å². The molecule has 1 aromatic rings. The van der Waals surface area contributed by atoms with Gasteiger partial charge in [0.25, 0.3) is 0 Å². The van der Waals surface area contributed by atoms with Crippen molar-refractivity contribution in [1.29, 1.82) is 0 Å². The fraction of sp³-hybridized carbons (Fsp3) is 0.500. The van der Waals surface area contributed by atoms with E-state index in [1.54, 1.807) is 0 Å². The molecule has 2 N–H and O–H groups in total. The van der Waals surface area contributed by atoms with Gasteiger partial charge in [-0.2, -0.15) is 13.7 Å². The Morgan fingerprint density at radius 2 is 1.48 bits per heavy atom. The highest BCUT2D eigenvalue weighted by Gasteiger charge is 2.51. The van der Waals surface area contributed by atoms with Gasteiger partial charge in [-0.25, -0.2) is 14.7 Å². The van der Waals surface area contributed by atoms with E-state index >= 15 is 0 Å². The third kappa shape index (κ3) is 6.18. The molecule has 0 radical (unpaired) electrons. The standard InChI is InChI=1S/C12H21NO7Si/c1-14-18-21(19-15-2,20-16-3)17-10-9-12(13)11-7-5-4-6-8-11/h4-8,12H,9-10,13H2,1-3H3. The molecule has 0 heterocycles. The summed E-state index contributed by atoms with van der Waals surface area (Å²) in [5.41, 5.74) is 7.07. The molecule has 0 amide bonds. The molecule has 0 aliphatic rings. The Morgan fingerprint density at radius 3 is 1.95 bits per heavy atom. The Labute approximate surface area is 124 Å². The number of hydrogen-bond acceptors (Lipinski definition) is 8. The molecular weight excluding hydrogens is 298 g/mol. The van der Waals surface area contributed by atoms with Crippen LogP contribution in [0.4, 0.5) is 0 Å². The number of hydrogen-bond donors (Lipinski definition) is 1. The Hall–Kier alpha value is -0.883. The lowest BCUT2D eigenvalue weighted by Crippen LogP contribution is -2.49. The molecule has 0 saturated carbocycles. The largest absolute Gasteiger partial charge is 0.764 e. The van der Waals surface area contributed by atoms with Crippen LogP contribution in [0, 0.1) is 0 Å². The maximum absolute atomic E-state index is 6.07. The predicted molar refractivity (Wildman–Crippen MR) is 74.0 cm³/mol. The molecule has 0 fully saturated rings. The van der Waals surface area contributed by atoms with Crippen LogP contribution in [0.3, 0.4) is 0 Å². The first-order valence-corrected chi connectivity index (χ1v) is 7.90. The van der Waals surface area contributed by atoms with E-state index in [-0.39, 0.29) is 12.6 Å². The summed E-state index contributed by atoms with van der Waals surface area (Å²) in [5.74, 6) is 0. The molecule has 0 bridgehead atoms. The van der Waals surface area contributed by atoms with Crippen molar-refractivity contribution >= 4 is 9.05 Å². The van der Waals surface area contributed by atoms with Crippen molar-refractivity contribution in [1.82, 2.24) is 0 Å². The van der Waals surface area contributed by atoms with Crippen LogP contribution in [0.5, 0.6) is 0 Å². The van der Waals surface area contributed by atoms with E-state index in [1.165, 1.54) is 21.3 Å². The fourth-order valence-electron chi connectivity index (χ4n) is 1.60. The van der Waals surface area contributed by atoms with Gasteiger partial charge < -0.3 is 10.2 Å². The third-order valence-electron chi connectivity index (χ3n) is 2.49. The minimum atomic E-state index is -3.69. The van der Waals surface area contributed by atoms with Crippen LogP contribution in [-0.2, 0) is 32.8 Å². The van der Waals surface area contributed by atoms with Crippen molar-refractivity contribution in [2.45, 2.75) is 12.5 Å². The van der Waals surface area contributed by atoms with Gasteiger partial charge in [0.1, 0.15) is 0 Å². The molecule has 1 aromatic carbocycles. The third-order valence-corrected chi connectivity index (χ3v) is 4.16. The first-order chi connectivity index (χ1) is 10.2. The Bertz CT molecular complexity index is 364. The van der Waals surface area contributed by atoms with Gasteiger partial charge in [-0.3, -0.25) is 0 Å². The summed E-state index contributed by atoms with van der Waals surface area (Å²) in [6, 6.07) is 9.47.